The van der Waals surface area contributed by atoms with Crippen LogP contribution in [0.4, 0.5) is 11.4 Å². The summed E-state index contributed by atoms with van der Waals surface area (Å²) in [6, 6.07) is 20.9. The Bertz CT molecular complexity index is 1240. The number of nitrogens with zero attached hydrogens (tertiary/aromatic N) is 1. The highest BCUT2D eigenvalue weighted by atomic mass is 32.2. The lowest BCUT2D eigenvalue weighted by atomic mass is 10.1. The number of hydrogen-bond acceptors (Lipinski definition) is 4. The zero-order chi connectivity index (χ0) is 23.4. The third-order valence-electron chi connectivity index (χ3n) is 5.63. The van der Waals surface area contributed by atoms with E-state index in [1.807, 2.05) is 30.3 Å². The topological polar surface area (TPSA) is 75.7 Å². The van der Waals surface area contributed by atoms with Gasteiger partial charge in [-0.05, 0) is 66.8 Å². The molecule has 0 saturated carbocycles. The average molecular weight is 465 g/mol. The molecule has 0 saturated heterocycles. The minimum Gasteiger partial charge on any atom is -0.493 e. The summed E-state index contributed by atoms with van der Waals surface area (Å²) in [7, 11) is -3.67. The molecule has 1 heterocycles. The highest BCUT2D eigenvalue weighted by molar-refractivity contribution is 7.92. The lowest BCUT2D eigenvalue weighted by Gasteiger charge is -2.19. The van der Waals surface area contributed by atoms with Gasteiger partial charge in [0.15, 0.2) is 0 Å². The number of ether oxygens (including phenoxy) is 1. The molecule has 3 aromatic rings. The van der Waals surface area contributed by atoms with Crippen LogP contribution in [0.1, 0.15) is 36.2 Å². The zero-order valence-corrected chi connectivity index (χ0v) is 19.6. The van der Waals surface area contributed by atoms with Crippen LogP contribution in [-0.4, -0.2) is 27.5 Å². The van der Waals surface area contributed by atoms with E-state index in [1.165, 1.54) is 16.4 Å². The molecule has 33 heavy (non-hydrogen) atoms. The van der Waals surface area contributed by atoms with E-state index in [9.17, 15) is 13.2 Å². The first-order valence-corrected chi connectivity index (χ1v) is 12.5. The van der Waals surface area contributed by atoms with Gasteiger partial charge in [-0.2, -0.15) is 0 Å². The maximum atomic E-state index is 13.2. The van der Waals surface area contributed by atoms with Crippen molar-refractivity contribution in [3.8, 4) is 5.75 Å². The second-order valence-corrected chi connectivity index (χ2v) is 10.3. The van der Waals surface area contributed by atoms with Crippen molar-refractivity contribution in [1.29, 1.82) is 0 Å². The molecule has 1 aliphatic heterocycles. The van der Waals surface area contributed by atoms with Crippen LogP contribution in [0.25, 0.3) is 0 Å². The minimum absolute atomic E-state index is 0.189. The molecule has 0 aromatic heterocycles. The molecule has 0 atom stereocenters. The number of amides is 1. The van der Waals surface area contributed by atoms with Gasteiger partial charge in [-0.1, -0.05) is 44.2 Å². The van der Waals surface area contributed by atoms with E-state index in [-0.39, 0.29) is 10.8 Å². The first-order valence-electron chi connectivity index (χ1n) is 11.1. The van der Waals surface area contributed by atoms with E-state index < -0.39 is 10.0 Å². The highest BCUT2D eigenvalue weighted by Crippen LogP contribution is 2.33. The van der Waals surface area contributed by atoms with Crippen LogP contribution in [-0.2, 0) is 16.4 Å². The molecule has 7 heteroatoms. The Labute approximate surface area is 195 Å². The van der Waals surface area contributed by atoms with E-state index >= 15 is 0 Å². The third kappa shape index (κ3) is 5.03. The summed E-state index contributed by atoms with van der Waals surface area (Å²) in [6.07, 6.45) is 1.59. The van der Waals surface area contributed by atoms with Crippen molar-refractivity contribution in [2.75, 3.05) is 22.8 Å². The van der Waals surface area contributed by atoms with E-state index in [0.29, 0.717) is 42.5 Å². The Kier molecular flexibility index (Phi) is 6.70. The van der Waals surface area contributed by atoms with Gasteiger partial charge in [-0.15, -0.1) is 0 Å². The number of hydrogen-bond donors (Lipinski definition) is 1. The molecule has 0 bridgehead atoms. The van der Waals surface area contributed by atoms with Gasteiger partial charge in [0.1, 0.15) is 5.75 Å². The Morgan fingerprint density at radius 2 is 1.70 bits per heavy atom. The molecule has 1 amide bonds. The lowest BCUT2D eigenvalue weighted by Crippen LogP contribution is -2.29. The van der Waals surface area contributed by atoms with Gasteiger partial charge in [0.05, 0.1) is 22.8 Å². The van der Waals surface area contributed by atoms with E-state index in [2.05, 4.69) is 19.2 Å². The number of anilines is 2. The van der Waals surface area contributed by atoms with Crippen LogP contribution < -0.4 is 14.4 Å². The second kappa shape index (κ2) is 9.67. The van der Waals surface area contributed by atoms with E-state index in [0.717, 1.165) is 17.7 Å². The molecule has 3 aromatic carbocycles. The predicted octanol–water partition coefficient (Wildman–Crippen LogP) is 5.12. The lowest BCUT2D eigenvalue weighted by molar-refractivity contribution is 0.102. The molecule has 0 fully saturated rings. The van der Waals surface area contributed by atoms with E-state index in [1.54, 1.807) is 30.3 Å². The maximum absolute atomic E-state index is 13.2. The summed E-state index contributed by atoms with van der Waals surface area (Å²) in [4.78, 5) is 13.0. The Balaban J connectivity index is 1.47. The number of carbonyl (C=O) groups excluding carboxylic acids is 1. The monoisotopic (exact) mass is 464 g/mol. The molecule has 1 N–H and O–H groups in total. The van der Waals surface area contributed by atoms with Gasteiger partial charge in [-0.3, -0.25) is 9.10 Å². The predicted molar refractivity (Wildman–Crippen MR) is 130 cm³/mol. The molecule has 0 radical (unpaired) electrons. The van der Waals surface area contributed by atoms with Crippen LogP contribution in [0.2, 0.25) is 0 Å². The number of nitrogens with one attached hydrogen (secondary N) is 1. The average Bonchev–Trinajstić information content (AvgIpc) is 3.25. The molecule has 0 spiro atoms. The first-order chi connectivity index (χ1) is 15.9. The van der Waals surface area contributed by atoms with Gasteiger partial charge in [0.25, 0.3) is 15.9 Å². The molecule has 172 valence electrons. The van der Waals surface area contributed by atoms with Crippen molar-refractivity contribution in [1.82, 2.24) is 0 Å². The standard InChI is InChI=1S/C26H28N2O4S/c1-19(2)16-18-32-25-10-6-4-8-23(25)26(29)27-21-11-13-22(14-12-21)33(30,31)28-17-15-20-7-3-5-9-24(20)28/h3-14,19H,15-18H2,1-2H3,(H,27,29). The van der Waals surface area contributed by atoms with Gasteiger partial charge >= 0.3 is 0 Å². The highest BCUT2D eigenvalue weighted by Gasteiger charge is 2.30. The van der Waals surface area contributed by atoms with Crippen molar-refractivity contribution in [2.24, 2.45) is 5.92 Å². The summed E-state index contributed by atoms with van der Waals surface area (Å²) in [5.74, 6) is 0.733. The Morgan fingerprint density at radius 3 is 2.45 bits per heavy atom. The van der Waals surface area contributed by atoms with Gasteiger partial charge in [-0.25, -0.2) is 8.42 Å². The SMILES string of the molecule is CC(C)CCOc1ccccc1C(=O)Nc1ccc(S(=O)(=O)N2CCc3ccccc32)cc1. The van der Waals surface area contributed by atoms with Crippen molar-refractivity contribution in [3.05, 3.63) is 83.9 Å². The second-order valence-electron chi connectivity index (χ2n) is 8.46. The summed E-state index contributed by atoms with van der Waals surface area (Å²) >= 11 is 0. The van der Waals surface area contributed by atoms with Crippen LogP contribution in [0.5, 0.6) is 5.75 Å². The molecule has 4 rings (SSSR count). The van der Waals surface area contributed by atoms with Crippen molar-refractivity contribution in [3.63, 3.8) is 0 Å². The summed E-state index contributed by atoms with van der Waals surface area (Å²) in [5, 5.41) is 2.83. The molecular weight excluding hydrogens is 436 g/mol. The molecule has 1 aliphatic rings. The number of benzene rings is 3. The molecule has 0 unspecified atom stereocenters. The van der Waals surface area contributed by atoms with Gasteiger partial charge in [0.2, 0.25) is 0 Å². The molecular formula is C26H28N2O4S. The van der Waals surface area contributed by atoms with Crippen molar-refractivity contribution < 1.29 is 17.9 Å². The molecule has 0 aliphatic carbocycles. The largest absolute Gasteiger partial charge is 0.493 e. The number of sulfonamides is 1. The number of para-hydroxylation sites is 2. The number of fused-ring (bicyclic) bond motifs is 1. The van der Waals surface area contributed by atoms with Crippen molar-refractivity contribution >= 4 is 27.3 Å². The normalized spacial score (nSPS) is 13.1. The minimum atomic E-state index is -3.67. The maximum Gasteiger partial charge on any atom is 0.264 e. The fraction of sp³-hybridized carbons (Fsp3) is 0.269. The zero-order valence-electron chi connectivity index (χ0n) is 18.8. The van der Waals surface area contributed by atoms with Crippen molar-refractivity contribution in [2.45, 2.75) is 31.6 Å². The summed E-state index contributed by atoms with van der Waals surface area (Å²) in [5.41, 5.74) is 2.70. The fourth-order valence-electron chi connectivity index (χ4n) is 3.78. The summed E-state index contributed by atoms with van der Waals surface area (Å²) < 4.78 is 33.6. The summed E-state index contributed by atoms with van der Waals surface area (Å²) in [6.45, 7) is 5.20. The fourth-order valence-corrected chi connectivity index (χ4v) is 5.28. The smallest absolute Gasteiger partial charge is 0.264 e. The van der Waals surface area contributed by atoms with Crippen LogP contribution >= 0.6 is 0 Å². The first kappa shape index (κ1) is 22.9. The van der Waals surface area contributed by atoms with Crippen LogP contribution in [0.15, 0.2) is 77.7 Å². The number of rotatable bonds is 8. The number of carbonyl (C=O) groups is 1. The van der Waals surface area contributed by atoms with Gasteiger partial charge < -0.3 is 10.1 Å². The van der Waals surface area contributed by atoms with Crippen LogP contribution in [0.3, 0.4) is 0 Å². The quantitative estimate of drug-likeness (QED) is 0.502. The Hall–Kier alpha value is -3.32. The van der Waals surface area contributed by atoms with Gasteiger partial charge in [0, 0.05) is 12.2 Å². The van der Waals surface area contributed by atoms with E-state index in [4.69, 9.17) is 4.74 Å². The van der Waals surface area contributed by atoms with Crippen LogP contribution in [0, 0.1) is 5.92 Å². The molecule has 6 nitrogen and oxygen atoms in total. The Morgan fingerprint density at radius 1 is 1.00 bits per heavy atom. The third-order valence-corrected chi connectivity index (χ3v) is 7.46.